The fourth-order valence-corrected chi connectivity index (χ4v) is 6.66. The molecule has 0 saturated carbocycles. The second kappa shape index (κ2) is 9.93. The summed E-state index contributed by atoms with van der Waals surface area (Å²) in [5.74, 6) is 0. The normalized spacial score (nSPS) is 14.2. The maximum absolute atomic E-state index is 9.26. The summed E-state index contributed by atoms with van der Waals surface area (Å²) in [6.07, 6.45) is 0. The summed E-state index contributed by atoms with van der Waals surface area (Å²) >= 11 is 0. The van der Waals surface area contributed by atoms with Crippen LogP contribution in [0.3, 0.4) is 0 Å². The van der Waals surface area contributed by atoms with Crippen LogP contribution in [-0.2, 0) is 0 Å². The van der Waals surface area contributed by atoms with Crippen molar-refractivity contribution in [1.82, 2.24) is 0 Å². The van der Waals surface area contributed by atoms with Crippen molar-refractivity contribution in [1.29, 1.82) is 0 Å². The first-order chi connectivity index (χ1) is 25.2. The van der Waals surface area contributed by atoms with Crippen molar-refractivity contribution in [2.45, 2.75) is 0 Å². The van der Waals surface area contributed by atoms with Gasteiger partial charge in [0.25, 0.3) is 0 Å². The van der Waals surface area contributed by atoms with E-state index < -0.39 is 24.2 Å². The lowest BCUT2D eigenvalue weighted by Gasteiger charge is -2.18. The zero-order valence-corrected chi connectivity index (χ0v) is 23.5. The molecule has 0 aliphatic carbocycles. The third-order valence-electron chi connectivity index (χ3n) is 8.67. The molecule has 204 valence electrons. The molecule has 9 rings (SSSR count). The molecule has 0 aromatic heterocycles. The van der Waals surface area contributed by atoms with Gasteiger partial charge < -0.3 is 0 Å². The van der Waals surface area contributed by atoms with Crippen LogP contribution in [0.15, 0.2) is 170 Å². The average molecular weight is 565 g/mol. The van der Waals surface area contributed by atoms with Crippen molar-refractivity contribution < 1.29 is 11.0 Å². The lowest BCUT2D eigenvalue weighted by Crippen LogP contribution is -1.91. The lowest BCUT2D eigenvalue weighted by atomic mass is 9.85. The minimum atomic E-state index is -0.414. The highest BCUT2D eigenvalue weighted by molar-refractivity contribution is 6.22. The van der Waals surface area contributed by atoms with Crippen LogP contribution in [0.5, 0.6) is 0 Å². The molecule has 0 radical (unpaired) electrons. The minimum absolute atomic E-state index is 0.204. The molecule has 0 saturated heterocycles. The molecule has 0 N–H and O–H groups in total. The first kappa shape index (κ1) is 18.1. The summed E-state index contributed by atoms with van der Waals surface area (Å²) in [5, 5.41) is 7.17. The van der Waals surface area contributed by atoms with Crippen LogP contribution in [0.4, 0.5) is 0 Å². The Morgan fingerprint density at radius 2 is 0.795 bits per heavy atom. The number of benzene rings is 9. The maximum atomic E-state index is 9.26. The Kier molecular flexibility index (Phi) is 4.08. The van der Waals surface area contributed by atoms with Crippen molar-refractivity contribution in [2.75, 3.05) is 0 Å². The maximum Gasteiger partial charge on any atom is 0.0629 e. The van der Waals surface area contributed by atoms with E-state index in [0.717, 1.165) is 43.4 Å². The van der Waals surface area contributed by atoms with E-state index in [1.807, 2.05) is 91.0 Å². The van der Waals surface area contributed by atoms with E-state index in [1.54, 1.807) is 0 Å². The van der Waals surface area contributed by atoms with Crippen LogP contribution < -0.4 is 0 Å². The molecule has 0 aliphatic rings. The Hall–Kier alpha value is -5.72. The summed E-state index contributed by atoms with van der Waals surface area (Å²) in [6.45, 7) is 0. The average Bonchev–Trinajstić information content (AvgIpc) is 3.19. The standard InChI is InChI=1S/C44H28/c1-2-12-32-27-34(26-21-29(32)11-1)44-40-19-9-7-17-38(40)43(39-18-8-10-20-41(39)44)31-24-22-30(23-25-31)42-28-33-13-3-4-14-35(33)36-15-5-6-16-37(36)42/h1-28H/i7D,8D,9D,10D,17D,18D,19D,20D. The molecule has 0 nitrogen and oxygen atoms in total. The van der Waals surface area contributed by atoms with Gasteiger partial charge in [0.1, 0.15) is 0 Å². The molecule has 0 amide bonds. The predicted molar refractivity (Wildman–Crippen MR) is 190 cm³/mol. The molecular formula is C44H28. The molecule has 0 aliphatic heterocycles. The van der Waals surface area contributed by atoms with Crippen LogP contribution in [0.2, 0.25) is 0 Å². The second-order valence-corrected chi connectivity index (χ2v) is 11.1. The Bertz CT molecular complexity index is 2900. The third-order valence-corrected chi connectivity index (χ3v) is 8.67. The molecule has 0 unspecified atom stereocenters. The minimum Gasteiger partial charge on any atom is -0.0616 e. The SMILES string of the molecule is [2H]c1c([2H])c([2H])c2c(-c3ccc4ccccc4c3)c3c([2H])c([2H])c([2H])c([2H])c3c(-c3ccc(-c4cc5ccccc5c5ccccc45)cc3)c2c1[2H]. The third kappa shape index (κ3) is 3.85. The van der Waals surface area contributed by atoms with Crippen LogP contribution >= 0.6 is 0 Å². The van der Waals surface area contributed by atoms with Crippen LogP contribution in [0, 0.1) is 0 Å². The Morgan fingerprint density at radius 1 is 0.318 bits per heavy atom. The van der Waals surface area contributed by atoms with Gasteiger partial charge in [-0.15, -0.1) is 0 Å². The van der Waals surface area contributed by atoms with Crippen molar-refractivity contribution in [3.8, 4) is 33.4 Å². The van der Waals surface area contributed by atoms with Gasteiger partial charge in [-0.25, -0.2) is 0 Å². The molecule has 0 fully saturated rings. The highest BCUT2D eigenvalue weighted by Gasteiger charge is 2.17. The zero-order valence-electron chi connectivity index (χ0n) is 31.5. The summed E-state index contributed by atoms with van der Waals surface area (Å²) < 4.78 is 71.9. The van der Waals surface area contributed by atoms with Gasteiger partial charge in [0, 0.05) is 0 Å². The molecule has 0 heterocycles. The van der Waals surface area contributed by atoms with Crippen LogP contribution in [-0.4, -0.2) is 0 Å². The van der Waals surface area contributed by atoms with E-state index in [4.69, 9.17) is 5.48 Å². The predicted octanol–water partition coefficient (Wildman–Crippen LogP) is 12.5. The van der Waals surface area contributed by atoms with E-state index in [2.05, 4.69) is 30.3 Å². The quantitative estimate of drug-likeness (QED) is 0.148. The molecule has 44 heavy (non-hydrogen) atoms. The van der Waals surface area contributed by atoms with Crippen molar-refractivity contribution >= 4 is 53.9 Å². The van der Waals surface area contributed by atoms with E-state index in [-0.39, 0.29) is 45.7 Å². The van der Waals surface area contributed by atoms with Gasteiger partial charge >= 0.3 is 0 Å². The summed E-state index contributed by atoms with van der Waals surface area (Å²) in [5.41, 5.74) is 3.82. The first-order valence-electron chi connectivity index (χ1n) is 18.6. The van der Waals surface area contributed by atoms with Gasteiger partial charge in [-0.1, -0.05) is 158 Å². The zero-order chi connectivity index (χ0) is 36.0. The molecule has 0 spiro atoms. The van der Waals surface area contributed by atoms with Gasteiger partial charge in [0.2, 0.25) is 0 Å². The summed E-state index contributed by atoms with van der Waals surface area (Å²) in [7, 11) is 0. The molecule has 0 heteroatoms. The van der Waals surface area contributed by atoms with Crippen molar-refractivity contribution in [3.63, 3.8) is 0 Å². The Morgan fingerprint density at radius 3 is 1.45 bits per heavy atom. The topological polar surface area (TPSA) is 0 Å². The Labute approximate surface area is 267 Å². The molecular weight excluding hydrogens is 528 g/mol. The van der Waals surface area contributed by atoms with E-state index >= 15 is 0 Å². The first-order valence-corrected chi connectivity index (χ1v) is 14.6. The number of hydrogen-bond acceptors (Lipinski definition) is 0. The van der Waals surface area contributed by atoms with Gasteiger partial charge in [-0.3, -0.25) is 0 Å². The van der Waals surface area contributed by atoms with Crippen LogP contribution in [0.1, 0.15) is 11.0 Å². The van der Waals surface area contributed by atoms with Gasteiger partial charge in [-0.2, -0.15) is 0 Å². The monoisotopic (exact) mass is 564 g/mol. The van der Waals surface area contributed by atoms with Gasteiger partial charge in [-0.05, 0) is 99.4 Å². The Balaban J connectivity index is 1.41. The van der Waals surface area contributed by atoms with Crippen LogP contribution in [0.25, 0.3) is 87.2 Å². The van der Waals surface area contributed by atoms with Gasteiger partial charge in [0.15, 0.2) is 0 Å². The lowest BCUT2D eigenvalue weighted by molar-refractivity contribution is 1.64. The van der Waals surface area contributed by atoms with Crippen molar-refractivity contribution in [3.05, 3.63) is 170 Å². The molecule has 9 aromatic carbocycles. The molecule has 0 atom stereocenters. The summed E-state index contributed by atoms with van der Waals surface area (Å²) in [4.78, 5) is 0. The number of rotatable bonds is 3. The number of fused-ring (bicyclic) bond motifs is 6. The van der Waals surface area contributed by atoms with E-state index in [1.165, 1.54) is 0 Å². The highest BCUT2D eigenvalue weighted by atomic mass is 14.2. The van der Waals surface area contributed by atoms with Gasteiger partial charge in [0.05, 0.1) is 11.0 Å². The molecule has 9 aromatic rings. The van der Waals surface area contributed by atoms with E-state index in [0.29, 0.717) is 22.3 Å². The van der Waals surface area contributed by atoms with Crippen molar-refractivity contribution in [2.24, 2.45) is 0 Å². The number of hydrogen-bond donors (Lipinski definition) is 0. The second-order valence-electron chi connectivity index (χ2n) is 11.1. The largest absolute Gasteiger partial charge is 0.0629 e. The summed E-state index contributed by atoms with van der Waals surface area (Å²) in [6, 6.07) is 37.1. The smallest absolute Gasteiger partial charge is 0.0616 e. The van der Waals surface area contributed by atoms with E-state index in [9.17, 15) is 5.48 Å². The fraction of sp³-hybridized carbons (Fsp3) is 0. The fourth-order valence-electron chi connectivity index (χ4n) is 6.66. The molecule has 0 bridgehead atoms. The highest BCUT2D eigenvalue weighted by Crippen LogP contribution is 2.44.